The van der Waals surface area contributed by atoms with Crippen LogP contribution >= 0.6 is 0 Å². The van der Waals surface area contributed by atoms with Gasteiger partial charge in [0.2, 0.25) is 0 Å². The van der Waals surface area contributed by atoms with E-state index in [0.29, 0.717) is 35.8 Å². The number of ether oxygens (including phenoxy) is 3. The van der Waals surface area contributed by atoms with E-state index in [-0.39, 0.29) is 19.1 Å². The molecule has 0 bridgehead atoms. The molecule has 0 aromatic heterocycles. The van der Waals surface area contributed by atoms with Crippen molar-refractivity contribution in [3.8, 4) is 23.3 Å². The van der Waals surface area contributed by atoms with Gasteiger partial charge in [0.25, 0.3) is 11.8 Å². The van der Waals surface area contributed by atoms with Gasteiger partial charge in [-0.3, -0.25) is 9.59 Å². The summed E-state index contributed by atoms with van der Waals surface area (Å²) < 4.78 is 16.6. The summed E-state index contributed by atoms with van der Waals surface area (Å²) >= 11 is 0. The van der Waals surface area contributed by atoms with Gasteiger partial charge in [0.05, 0.1) is 12.8 Å². The molecule has 2 amide bonds. The number of amides is 2. The summed E-state index contributed by atoms with van der Waals surface area (Å²) in [5.74, 6) is 0.923. The van der Waals surface area contributed by atoms with Crippen molar-refractivity contribution < 1.29 is 23.8 Å². The van der Waals surface area contributed by atoms with Crippen LogP contribution in [0.1, 0.15) is 43.9 Å². The van der Waals surface area contributed by atoms with Gasteiger partial charge in [-0.15, -0.1) is 0 Å². The summed E-state index contributed by atoms with van der Waals surface area (Å²) in [5, 5.41) is 15.5. The molecule has 9 heteroatoms. The highest BCUT2D eigenvalue weighted by Gasteiger charge is 2.22. The number of rotatable bonds is 13. The lowest BCUT2D eigenvalue weighted by Gasteiger charge is -2.19. The summed E-state index contributed by atoms with van der Waals surface area (Å²) in [7, 11) is 0. The molecule has 1 atom stereocenters. The monoisotopic (exact) mass is 494 g/mol. The average molecular weight is 495 g/mol. The lowest BCUT2D eigenvalue weighted by Crippen LogP contribution is -2.47. The zero-order valence-electron chi connectivity index (χ0n) is 21.5. The third-order valence-corrected chi connectivity index (χ3v) is 5.06. The molecule has 2 rings (SSSR count). The standard InChI is InChI=1S/C27H34N4O5/c1-6-34-24-15-21(10-11-23(24)35-13-12-28)16-29-31-27(33)22(14-18(2)3)30-25(32)17-36-26-19(4)8-7-9-20(26)5/h7-11,15-16,18,22H,6,13-14,17H2,1-5H3,(H,30,32)(H,31,33)/b29-16-/t22-/m0/s1. The number of nitriles is 1. The van der Waals surface area contributed by atoms with Crippen LogP contribution < -0.4 is 25.0 Å². The Morgan fingerprint density at radius 2 is 1.81 bits per heavy atom. The lowest BCUT2D eigenvalue weighted by molar-refractivity contribution is -0.130. The van der Waals surface area contributed by atoms with E-state index < -0.39 is 17.9 Å². The molecular weight excluding hydrogens is 460 g/mol. The molecule has 0 aliphatic carbocycles. The number of benzene rings is 2. The van der Waals surface area contributed by atoms with Gasteiger partial charge in [-0.1, -0.05) is 32.0 Å². The molecule has 0 aliphatic heterocycles. The maximum atomic E-state index is 12.8. The van der Waals surface area contributed by atoms with Crippen molar-refractivity contribution in [3.63, 3.8) is 0 Å². The van der Waals surface area contributed by atoms with Gasteiger partial charge in [-0.05, 0) is 68.0 Å². The molecule has 0 aliphatic rings. The van der Waals surface area contributed by atoms with Gasteiger partial charge in [-0.2, -0.15) is 10.4 Å². The molecule has 9 nitrogen and oxygen atoms in total. The Morgan fingerprint density at radius 3 is 2.44 bits per heavy atom. The van der Waals surface area contributed by atoms with Crippen LogP contribution in [0, 0.1) is 31.1 Å². The zero-order chi connectivity index (χ0) is 26.5. The van der Waals surface area contributed by atoms with Crippen molar-refractivity contribution in [1.29, 1.82) is 5.26 Å². The van der Waals surface area contributed by atoms with E-state index in [1.165, 1.54) is 6.21 Å². The van der Waals surface area contributed by atoms with Crippen molar-refractivity contribution in [2.75, 3.05) is 19.8 Å². The molecule has 0 spiro atoms. The number of hydrogen-bond donors (Lipinski definition) is 2. The smallest absolute Gasteiger partial charge is 0.262 e. The molecule has 0 radical (unpaired) electrons. The number of nitrogens with zero attached hydrogens (tertiary/aromatic N) is 2. The Labute approximate surface area is 212 Å². The number of para-hydroxylation sites is 1. The molecule has 192 valence electrons. The highest BCUT2D eigenvalue weighted by molar-refractivity contribution is 5.89. The molecule has 0 fully saturated rings. The molecule has 36 heavy (non-hydrogen) atoms. The fourth-order valence-corrected chi connectivity index (χ4v) is 3.45. The normalized spacial score (nSPS) is 11.6. The van der Waals surface area contributed by atoms with Gasteiger partial charge in [0.15, 0.2) is 24.7 Å². The van der Waals surface area contributed by atoms with E-state index in [0.717, 1.165) is 11.1 Å². The first kappa shape index (κ1) is 28.2. The van der Waals surface area contributed by atoms with Crippen molar-refractivity contribution in [2.45, 2.75) is 47.1 Å². The molecule has 0 heterocycles. The minimum atomic E-state index is -0.767. The quantitative estimate of drug-likeness (QED) is 0.324. The maximum Gasteiger partial charge on any atom is 0.262 e. The van der Waals surface area contributed by atoms with E-state index in [1.54, 1.807) is 18.2 Å². The number of aryl methyl sites for hydroxylation is 2. The zero-order valence-corrected chi connectivity index (χ0v) is 21.5. The van der Waals surface area contributed by atoms with Crippen LogP contribution in [-0.2, 0) is 9.59 Å². The van der Waals surface area contributed by atoms with E-state index in [4.69, 9.17) is 19.5 Å². The predicted molar refractivity (Wildman–Crippen MR) is 137 cm³/mol. The SMILES string of the molecule is CCOc1cc(/C=N\NC(=O)[C@H](CC(C)C)NC(=O)COc2c(C)cccc2C)ccc1OCC#N. The molecule has 0 saturated heterocycles. The summed E-state index contributed by atoms with van der Waals surface area (Å²) in [6.45, 7) is 9.73. The summed E-state index contributed by atoms with van der Waals surface area (Å²) in [4.78, 5) is 25.3. The molecule has 2 N–H and O–H groups in total. The highest BCUT2D eigenvalue weighted by Crippen LogP contribution is 2.28. The summed E-state index contributed by atoms with van der Waals surface area (Å²) in [6, 6.07) is 12.0. The molecule has 0 saturated carbocycles. The molecular formula is C27H34N4O5. The minimum absolute atomic E-state index is 0.0951. The fourth-order valence-electron chi connectivity index (χ4n) is 3.45. The largest absolute Gasteiger partial charge is 0.490 e. The second-order valence-electron chi connectivity index (χ2n) is 8.58. The van der Waals surface area contributed by atoms with Crippen LogP contribution in [0.3, 0.4) is 0 Å². The average Bonchev–Trinajstić information content (AvgIpc) is 2.82. The van der Waals surface area contributed by atoms with Crippen molar-refractivity contribution in [1.82, 2.24) is 10.7 Å². The van der Waals surface area contributed by atoms with Crippen LogP contribution in [0.2, 0.25) is 0 Å². The van der Waals surface area contributed by atoms with E-state index in [2.05, 4.69) is 15.8 Å². The first-order chi connectivity index (χ1) is 17.2. The third-order valence-electron chi connectivity index (χ3n) is 5.06. The van der Waals surface area contributed by atoms with Crippen molar-refractivity contribution >= 4 is 18.0 Å². The molecule has 2 aromatic carbocycles. The van der Waals surface area contributed by atoms with Gasteiger partial charge in [0, 0.05) is 0 Å². The Balaban J connectivity index is 2.00. The molecule has 2 aromatic rings. The van der Waals surface area contributed by atoms with Gasteiger partial charge < -0.3 is 19.5 Å². The number of carbonyl (C=O) groups excluding carboxylic acids is 2. The van der Waals surface area contributed by atoms with E-state index in [1.807, 2.05) is 58.9 Å². The summed E-state index contributed by atoms with van der Waals surface area (Å²) in [6.07, 6.45) is 1.91. The first-order valence-electron chi connectivity index (χ1n) is 11.8. The first-order valence-corrected chi connectivity index (χ1v) is 11.8. The number of hydrogen-bond acceptors (Lipinski definition) is 7. The second-order valence-corrected chi connectivity index (χ2v) is 8.58. The Morgan fingerprint density at radius 1 is 1.08 bits per heavy atom. The van der Waals surface area contributed by atoms with Crippen LogP contribution in [0.15, 0.2) is 41.5 Å². The molecule has 0 unspecified atom stereocenters. The van der Waals surface area contributed by atoms with Crippen LogP contribution in [-0.4, -0.2) is 43.9 Å². The Hall–Kier alpha value is -4.06. The fraction of sp³-hybridized carbons (Fsp3) is 0.407. The van der Waals surface area contributed by atoms with E-state index in [9.17, 15) is 9.59 Å². The lowest BCUT2D eigenvalue weighted by atomic mass is 10.0. The van der Waals surface area contributed by atoms with Crippen LogP contribution in [0.25, 0.3) is 0 Å². The van der Waals surface area contributed by atoms with Crippen LogP contribution in [0.5, 0.6) is 17.2 Å². The topological polar surface area (TPSA) is 122 Å². The van der Waals surface area contributed by atoms with Crippen molar-refractivity contribution in [2.24, 2.45) is 11.0 Å². The maximum absolute atomic E-state index is 12.8. The Bertz CT molecular complexity index is 1090. The van der Waals surface area contributed by atoms with Gasteiger partial charge in [0.1, 0.15) is 17.9 Å². The second kappa shape index (κ2) is 14.4. The highest BCUT2D eigenvalue weighted by atomic mass is 16.5. The van der Waals surface area contributed by atoms with Crippen molar-refractivity contribution in [3.05, 3.63) is 53.1 Å². The summed E-state index contributed by atoms with van der Waals surface area (Å²) in [5.41, 5.74) is 5.03. The van der Waals surface area contributed by atoms with Gasteiger partial charge >= 0.3 is 0 Å². The minimum Gasteiger partial charge on any atom is -0.490 e. The number of nitrogens with one attached hydrogen (secondary N) is 2. The van der Waals surface area contributed by atoms with Crippen LogP contribution in [0.4, 0.5) is 0 Å². The number of hydrazone groups is 1. The Kier molecular flexibility index (Phi) is 11.2. The number of carbonyl (C=O) groups is 2. The third kappa shape index (κ3) is 8.95. The van der Waals surface area contributed by atoms with Gasteiger partial charge in [-0.25, -0.2) is 5.43 Å². The van der Waals surface area contributed by atoms with E-state index >= 15 is 0 Å². The predicted octanol–water partition coefficient (Wildman–Crippen LogP) is 3.66.